The van der Waals surface area contributed by atoms with Gasteiger partial charge in [-0.05, 0) is 43.1 Å². The average Bonchev–Trinajstić information content (AvgIpc) is 2.56. The number of carbonyl (C=O) groups is 1. The highest BCUT2D eigenvalue weighted by atomic mass is 16.4. The van der Waals surface area contributed by atoms with Gasteiger partial charge in [0, 0.05) is 18.6 Å². The summed E-state index contributed by atoms with van der Waals surface area (Å²) in [7, 11) is 1.97. The predicted octanol–water partition coefficient (Wildman–Crippen LogP) is 1.69. The average molecular weight is 232 g/mol. The molecule has 0 bridgehead atoms. The number of aromatic carboxylic acids is 1. The molecule has 0 radical (unpaired) electrons. The Kier molecular flexibility index (Phi) is 2.90. The van der Waals surface area contributed by atoms with E-state index < -0.39 is 5.97 Å². The van der Waals surface area contributed by atoms with Gasteiger partial charge in [-0.3, -0.25) is 0 Å². The molecule has 0 atom stereocenters. The Balaban J connectivity index is 2.75. The number of benzene rings is 1. The number of aromatic nitrogens is 1. The third-order valence-corrected chi connectivity index (χ3v) is 3.01. The van der Waals surface area contributed by atoms with Crippen LogP contribution >= 0.6 is 0 Å². The summed E-state index contributed by atoms with van der Waals surface area (Å²) in [4.78, 5) is 11.0. The standard InChI is InChI=1S/C13H16N2O2/c1-8-5-10(13(16)17)6-11-9(3-4-14)7-15(2)12(8)11/h5-7H,3-4,14H2,1-2H3,(H,16,17). The molecule has 17 heavy (non-hydrogen) atoms. The van der Waals surface area contributed by atoms with E-state index in [1.54, 1.807) is 12.1 Å². The van der Waals surface area contributed by atoms with E-state index in [1.807, 2.05) is 24.7 Å². The number of nitrogens with two attached hydrogens (primary N) is 1. The van der Waals surface area contributed by atoms with E-state index in [-0.39, 0.29) is 0 Å². The number of carboxylic acids is 1. The number of aryl methyl sites for hydroxylation is 2. The molecule has 2 aromatic rings. The van der Waals surface area contributed by atoms with Gasteiger partial charge in [-0.1, -0.05) is 0 Å². The summed E-state index contributed by atoms with van der Waals surface area (Å²) in [6.45, 7) is 2.50. The summed E-state index contributed by atoms with van der Waals surface area (Å²) in [5.41, 5.74) is 9.07. The van der Waals surface area contributed by atoms with Gasteiger partial charge in [-0.15, -0.1) is 0 Å². The Morgan fingerprint density at radius 1 is 1.47 bits per heavy atom. The molecule has 0 aliphatic carbocycles. The molecule has 0 aliphatic rings. The number of nitrogens with zero attached hydrogens (tertiary/aromatic N) is 1. The van der Waals surface area contributed by atoms with E-state index in [0.29, 0.717) is 12.1 Å². The minimum absolute atomic E-state index is 0.333. The maximum absolute atomic E-state index is 11.0. The number of carboxylic acid groups (broad SMARTS) is 1. The predicted molar refractivity (Wildman–Crippen MR) is 67.4 cm³/mol. The first-order valence-electron chi connectivity index (χ1n) is 5.56. The van der Waals surface area contributed by atoms with Crippen molar-refractivity contribution in [3.05, 3.63) is 35.0 Å². The van der Waals surface area contributed by atoms with Gasteiger partial charge in [0.15, 0.2) is 0 Å². The molecule has 0 fully saturated rings. The number of hydrogen-bond donors (Lipinski definition) is 2. The monoisotopic (exact) mass is 232 g/mol. The Labute approximate surface area is 99.7 Å². The first-order valence-corrected chi connectivity index (χ1v) is 5.56. The van der Waals surface area contributed by atoms with E-state index in [4.69, 9.17) is 10.8 Å². The van der Waals surface area contributed by atoms with E-state index in [9.17, 15) is 4.79 Å². The molecular weight excluding hydrogens is 216 g/mol. The van der Waals surface area contributed by atoms with E-state index in [0.717, 1.165) is 28.5 Å². The molecule has 0 saturated carbocycles. The Morgan fingerprint density at radius 3 is 2.76 bits per heavy atom. The van der Waals surface area contributed by atoms with Crippen molar-refractivity contribution in [2.75, 3.05) is 6.54 Å². The third kappa shape index (κ3) is 1.91. The molecule has 2 rings (SSSR count). The fraction of sp³-hybridized carbons (Fsp3) is 0.308. The van der Waals surface area contributed by atoms with Crippen LogP contribution in [0.25, 0.3) is 10.9 Å². The van der Waals surface area contributed by atoms with Crippen LogP contribution in [0, 0.1) is 6.92 Å². The molecule has 1 heterocycles. The van der Waals surface area contributed by atoms with Gasteiger partial charge < -0.3 is 15.4 Å². The fourth-order valence-corrected chi connectivity index (χ4v) is 2.34. The first kappa shape index (κ1) is 11.7. The largest absolute Gasteiger partial charge is 0.478 e. The molecule has 0 amide bonds. The number of fused-ring (bicyclic) bond motifs is 1. The summed E-state index contributed by atoms with van der Waals surface area (Å²) < 4.78 is 2.03. The summed E-state index contributed by atoms with van der Waals surface area (Å²) in [5.74, 6) is -0.891. The lowest BCUT2D eigenvalue weighted by Crippen LogP contribution is -2.02. The Bertz CT molecular complexity index is 585. The molecule has 0 aliphatic heterocycles. The normalized spacial score (nSPS) is 11.0. The van der Waals surface area contributed by atoms with Gasteiger partial charge >= 0.3 is 5.97 Å². The van der Waals surface area contributed by atoms with Crippen LogP contribution in [0.1, 0.15) is 21.5 Å². The van der Waals surface area contributed by atoms with Gasteiger partial charge in [-0.25, -0.2) is 4.79 Å². The topological polar surface area (TPSA) is 68.2 Å². The van der Waals surface area contributed by atoms with Crippen LogP contribution in [0.5, 0.6) is 0 Å². The quantitative estimate of drug-likeness (QED) is 0.846. The highest BCUT2D eigenvalue weighted by Crippen LogP contribution is 2.25. The second-order valence-electron chi connectivity index (χ2n) is 4.30. The van der Waals surface area contributed by atoms with Crippen molar-refractivity contribution in [1.82, 2.24) is 4.57 Å². The van der Waals surface area contributed by atoms with Gasteiger partial charge in [0.05, 0.1) is 11.1 Å². The van der Waals surface area contributed by atoms with Crippen LogP contribution in [0.2, 0.25) is 0 Å². The minimum atomic E-state index is -0.891. The van der Waals surface area contributed by atoms with Crippen molar-refractivity contribution in [1.29, 1.82) is 0 Å². The summed E-state index contributed by atoms with van der Waals surface area (Å²) in [6.07, 6.45) is 2.79. The Hall–Kier alpha value is -1.81. The van der Waals surface area contributed by atoms with Crippen LogP contribution in [-0.2, 0) is 13.5 Å². The lowest BCUT2D eigenvalue weighted by molar-refractivity contribution is 0.0697. The van der Waals surface area contributed by atoms with Gasteiger partial charge in [0.25, 0.3) is 0 Å². The van der Waals surface area contributed by atoms with Crippen LogP contribution in [-0.4, -0.2) is 22.2 Å². The van der Waals surface area contributed by atoms with Crippen molar-refractivity contribution < 1.29 is 9.90 Å². The SMILES string of the molecule is Cc1cc(C(=O)O)cc2c(CCN)cn(C)c12. The third-order valence-electron chi connectivity index (χ3n) is 3.01. The van der Waals surface area contributed by atoms with Gasteiger partial charge in [0.2, 0.25) is 0 Å². The summed E-state index contributed by atoms with van der Waals surface area (Å²) in [5, 5.41) is 10.1. The molecule has 90 valence electrons. The molecule has 3 N–H and O–H groups in total. The number of rotatable bonds is 3. The molecular formula is C13H16N2O2. The zero-order valence-corrected chi connectivity index (χ0v) is 10.0. The number of hydrogen-bond acceptors (Lipinski definition) is 2. The van der Waals surface area contributed by atoms with E-state index in [1.165, 1.54) is 0 Å². The second-order valence-corrected chi connectivity index (χ2v) is 4.30. The van der Waals surface area contributed by atoms with Crippen molar-refractivity contribution in [2.45, 2.75) is 13.3 Å². The zero-order valence-electron chi connectivity index (χ0n) is 10.0. The highest BCUT2D eigenvalue weighted by molar-refractivity contribution is 5.96. The van der Waals surface area contributed by atoms with Crippen molar-refractivity contribution in [3.8, 4) is 0 Å². The smallest absolute Gasteiger partial charge is 0.335 e. The lowest BCUT2D eigenvalue weighted by Gasteiger charge is -2.03. The van der Waals surface area contributed by atoms with Gasteiger partial charge in [-0.2, -0.15) is 0 Å². The molecule has 4 heteroatoms. The Morgan fingerprint density at radius 2 is 2.18 bits per heavy atom. The van der Waals surface area contributed by atoms with Crippen LogP contribution in [0.4, 0.5) is 0 Å². The maximum Gasteiger partial charge on any atom is 0.335 e. The van der Waals surface area contributed by atoms with Crippen LogP contribution in [0.3, 0.4) is 0 Å². The fourth-order valence-electron chi connectivity index (χ4n) is 2.34. The zero-order chi connectivity index (χ0) is 12.6. The summed E-state index contributed by atoms with van der Waals surface area (Å²) >= 11 is 0. The van der Waals surface area contributed by atoms with Crippen LogP contribution < -0.4 is 5.73 Å². The molecule has 1 aromatic heterocycles. The van der Waals surface area contributed by atoms with Crippen molar-refractivity contribution >= 4 is 16.9 Å². The first-order chi connectivity index (χ1) is 8.04. The van der Waals surface area contributed by atoms with Crippen LogP contribution in [0.15, 0.2) is 18.3 Å². The lowest BCUT2D eigenvalue weighted by atomic mass is 10.0. The maximum atomic E-state index is 11.0. The highest BCUT2D eigenvalue weighted by Gasteiger charge is 2.12. The van der Waals surface area contributed by atoms with E-state index >= 15 is 0 Å². The molecule has 0 unspecified atom stereocenters. The van der Waals surface area contributed by atoms with Crippen molar-refractivity contribution in [3.63, 3.8) is 0 Å². The van der Waals surface area contributed by atoms with E-state index in [2.05, 4.69) is 0 Å². The second kappa shape index (κ2) is 4.22. The minimum Gasteiger partial charge on any atom is -0.478 e. The molecule has 1 aromatic carbocycles. The van der Waals surface area contributed by atoms with Gasteiger partial charge in [0.1, 0.15) is 0 Å². The summed E-state index contributed by atoms with van der Waals surface area (Å²) in [6, 6.07) is 3.44. The molecule has 0 saturated heterocycles. The van der Waals surface area contributed by atoms with Crippen molar-refractivity contribution in [2.24, 2.45) is 12.8 Å². The molecule has 4 nitrogen and oxygen atoms in total. The molecule has 0 spiro atoms.